The number of hydrogen-bond acceptors (Lipinski definition) is 3. The van der Waals surface area contributed by atoms with E-state index in [-0.39, 0.29) is 22.9 Å². The molecule has 32 heavy (non-hydrogen) atoms. The highest BCUT2D eigenvalue weighted by molar-refractivity contribution is 7.39. The summed E-state index contributed by atoms with van der Waals surface area (Å²) in [6.45, 7) is 8.19. The second-order valence-electron chi connectivity index (χ2n) is 8.72. The van der Waals surface area contributed by atoms with Crippen LogP contribution in [0.2, 0.25) is 0 Å². The second kappa shape index (κ2) is 9.07. The number of esters is 1. The van der Waals surface area contributed by atoms with Gasteiger partial charge in [0.15, 0.2) is 21.3 Å². The van der Waals surface area contributed by atoms with Crippen LogP contribution in [0.25, 0.3) is 4.90 Å². The maximum atomic E-state index is 13.8. The summed E-state index contributed by atoms with van der Waals surface area (Å²) in [5.74, 6) is -0.0113. The van der Waals surface area contributed by atoms with Crippen molar-refractivity contribution in [3.63, 3.8) is 0 Å². The summed E-state index contributed by atoms with van der Waals surface area (Å²) in [6.07, 6.45) is 3.32. The van der Waals surface area contributed by atoms with Gasteiger partial charge >= 0.3 is 5.97 Å². The molecule has 1 aliphatic rings. The van der Waals surface area contributed by atoms with E-state index >= 15 is 0 Å². The van der Waals surface area contributed by atoms with E-state index in [9.17, 15) is 9.18 Å². The fourth-order valence-electron chi connectivity index (χ4n) is 4.80. The Bertz CT molecular complexity index is 1100. The Hall–Kier alpha value is -2.66. The van der Waals surface area contributed by atoms with Gasteiger partial charge in [-0.1, -0.05) is 12.1 Å². The number of thiophene rings is 1. The standard InChI is InChI=1S/C27H30FO3S/c1-18-14-24(32-20(3)10-11-21(32)4)15-19(2)26(18)30-17-25(29)31-27(12-5-6-13-27)22-8-7-9-23(28)16-22/h7-11,14-16H,5-6,12-13,17H2,1-4H3/q+1. The molecule has 1 heterocycles. The molecule has 0 N–H and O–H groups in total. The molecular formula is C27H30FO3S+. The van der Waals surface area contributed by atoms with E-state index in [2.05, 4.69) is 38.1 Å². The molecule has 0 atom stereocenters. The first kappa shape index (κ1) is 22.5. The number of aryl methyl sites for hydroxylation is 4. The van der Waals surface area contributed by atoms with Crippen LogP contribution < -0.4 is 4.74 Å². The van der Waals surface area contributed by atoms with Crippen molar-refractivity contribution in [2.24, 2.45) is 0 Å². The molecule has 0 radical (unpaired) electrons. The zero-order chi connectivity index (χ0) is 22.9. The van der Waals surface area contributed by atoms with Crippen LogP contribution in [0.3, 0.4) is 0 Å². The van der Waals surface area contributed by atoms with E-state index < -0.39 is 11.6 Å². The highest BCUT2D eigenvalue weighted by atomic mass is 32.2. The van der Waals surface area contributed by atoms with Crippen LogP contribution >= 0.6 is 10.5 Å². The maximum absolute atomic E-state index is 13.8. The summed E-state index contributed by atoms with van der Waals surface area (Å²) < 4.78 is 25.7. The van der Waals surface area contributed by atoms with E-state index in [0.29, 0.717) is 12.8 Å². The largest absolute Gasteiger partial charge is 0.481 e. The van der Waals surface area contributed by atoms with E-state index in [1.165, 1.54) is 26.8 Å². The average molecular weight is 454 g/mol. The lowest BCUT2D eigenvalue weighted by Crippen LogP contribution is -2.32. The van der Waals surface area contributed by atoms with E-state index in [1.54, 1.807) is 6.07 Å². The molecule has 0 saturated heterocycles. The summed E-state index contributed by atoms with van der Waals surface area (Å²) in [4.78, 5) is 16.8. The fraction of sp³-hybridized carbons (Fsp3) is 0.370. The Morgan fingerprint density at radius 1 is 0.969 bits per heavy atom. The molecular weight excluding hydrogens is 423 g/mol. The highest BCUT2D eigenvalue weighted by Gasteiger charge is 2.39. The molecule has 1 aliphatic carbocycles. The lowest BCUT2D eigenvalue weighted by Gasteiger charge is -2.29. The van der Waals surface area contributed by atoms with Crippen LogP contribution in [0, 0.1) is 33.5 Å². The molecule has 1 saturated carbocycles. The Labute approximate surface area is 192 Å². The van der Waals surface area contributed by atoms with Gasteiger partial charge in [0.1, 0.15) is 17.2 Å². The van der Waals surface area contributed by atoms with Crippen molar-refractivity contribution >= 4 is 16.4 Å². The van der Waals surface area contributed by atoms with Gasteiger partial charge in [-0.3, -0.25) is 0 Å². The van der Waals surface area contributed by atoms with Crippen molar-refractivity contribution in [2.45, 2.75) is 59.0 Å². The molecule has 3 aromatic rings. The number of rotatable bonds is 6. The van der Waals surface area contributed by atoms with Crippen LogP contribution in [0.4, 0.5) is 4.39 Å². The Balaban J connectivity index is 1.49. The molecule has 0 amide bonds. The van der Waals surface area contributed by atoms with Gasteiger partial charge in [-0.25, -0.2) is 9.18 Å². The van der Waals surface area contributed by atoms with Gasteiger partial charge in [-0.15, -0.1) is 0 Å². The van der Waals surface area contributed by atoms with Crippen molar-refractivity contribution in [2.75, 3.05) is 6.61 Å². The highest BCUT2D eigenvalue weighted by Crippen LogP contribution is 2.43. The monoisotopic (exact) mass is 453 g/mol. The third-order valence-corrected chi connectivity index (χ3v) is 8.54. The predicted octanol–water partition coefficient (Wildman–Crippen LogP) is 7.19. The van der Waals surface area contributed by atoms with Crippen LogP contribution in [0.5, 0.6) is 5.75 Å². The number of carbonyl (C=O) groups is 1. The first-order chi connectivity index (χ1) is 15.3. The third kappa shape index (κ3) is 4.44. The quantitative estimate of drug-likeness (QED) is 0.293. The second-order valence-corrected chi connectivity index (χ2v) is 11.1. The topological polar surface area (TPSA) is 35.5 Å². The Morgan fingerprint density at radius 3 is 2.19 bits per heavy atom. The van der Waals surface area contributed by atoms with Crippen molar-refractivity contribution in [3.05, 3.63) is 80.8 Å². The third-order valence-electron chi connectivity index (χ3n) is 6.27. The van der Waals surface area contributed by atoms with Crippen molar-refractivity contribution in [1.29, 1.82) is 0 Å². The number of ether oxygens (including phenoxy) is 2. The molecule has 4 rings (SSSR count). The van der Waals surface area contributed by atoms with E-state index in [1.807, 2.05) is 19.9 Å². The van der Waals surface area contributed by atoms with Gasteiger partial charge in [-0.05, 0) is 80.5 Å². The van der Waals surface area contributed by atoms with Crippen molar-refractivity contribution in [3.8, 4) is 10.6 Å². The molecule has 1 fully saturated rings. The van der Waals surface area contributed by atoms with Gasteiger partial charge in [0.2, 0.25) is 0 Å². The Kier molecular flexibility index (Phi) is 6.38. The fourth-order valence-corrected chi connectivity index (χ4v) is 7.05. The van der Waals surface area contributed by atoms with Crippen LogP contribution in [-0.4, -0.2) is 12.6 Å². The first-order valence-electron chi connectivity index (χ1n) is 11.1. The predicted molar refractivity (Wildman–Crippen MR) is 127 cm³/mol. The number of halogens is 1. The van der Waals surface area contributed by atoms with Gasteiger partial charge in [-0.2, -0.15) is 0 Å². The van der Waals surface area contributed by atoms with Crippen molar-refractivity contribution in [1.82, 2.24) is 0 Å². The van der Waals surface area contributed by atoms with Crippen LogP contribution in [0.1, 0.15) is 52.1 Å². The molecule has 3 nitrogen and oxygen atoms in total. The van der Waals surface area contributed by atoms with Gasteiger partial charge in [0, 0.05) is 36.5 Å². The van der Waals surface area contributed by atoms with Gasteiger partial charge in [0.25, 0.3) is 0 Å². The summed E-state index contributed by atoms with van der Waals surface area (Å²) in [7, 11) is -0.00951. The molecule has 0 aliphatic heterocycles. The minimum Gasteiger partial charge on any atom is -0.481 e. The average Bonchev–Trinajstić information content (AvgIpc) is 3.34. The number of hydrogen-bond donors (Lipinski definition) is 0. The van der Waals surface area contributed by atoms with Gasteiger partial charge in [0.05, 0.1) is 0 Å². The maximum Gasteiger partial charge on any atom is 0.345 e. The summed E-state index contributed by atoms with van der Waals surface area (Å²) in [5, 5.41) is 0. The lowest BCUT2D eigenvalue weighted by atomic mass is 9.92. The SMILES string of the molecule is Cc1cc(-[s+]2c(C)ccc2C)cc(C)c1OCC(=O)OC1(c2cccc(F)c2)CCCC1. The van der Waals surface area contributed by atoms with Crippen LogP contribution in [0.15, 0.2) is 48.5 Å². The molecule has 0 bridgehead atoms. The van der Waals surface area contributed by atoms with Gasteiger partial charge < -0.3 is 9.47 Å². The Morgan fingerprint density at radius 2 is 1.59 bits per heavy atom. The number of benzene rings is 2. The molecule has 0 unspecified atom stereocenters. The molecule has 1 aromatic heterocycles. The molecule has 2 aromatic carbocycles. The number of carbonyl (C=O) groups excluding carboxylic acids is 1. The molecule has 0 spiro atoms. The van der Waals surface area contributed by atoms with Crippen molar-refractivity contribution < 1.29 is 18.7 Å². The summed E-state index contributed by atoms with van der Waals surface area (Å²) >= 11 is 0. The first-order valence-corrected chi connectivity index (χ1v) is 12.3. The molecule has 168 valence electrons. The van der Waals surface area contributed by atoms with Crippen LogP contribution in [-0.2, 0) is 15.1 Å². The summed E-state index contributed by atoms with van der Waals surface area (Å²) in [6, 6.07) is 15.1. The zero-order valence-corrected chi connectivity index (χ0v) is 20.0. The van der Waals surface area contributed by atoms with E-state index in [0.717, 1.165) is 35.3 Å². The normalized spacial score (nSPS) is 15.0. The summed E-state index contributed by atoms with van der Waals surface area (Å²) in [5.41, 5.74) is 1.99. The lowest BCUT2D eigenvalue weighted by molar-refractivity contribution is -0.163. The minimum absolute atomic E-state index is 0.00951. The molecule has 5 heteroatoms. The smallest absolute Gasteiger partial charge is 0.345 e. The van der Waals surface area contributed by atoms with E-state index in [4.69, 9.17) is 9.47 Å². The minimum atomic E-state index is -0.756. The zero-order valence-electron chi connectivity index (χ0n) is 19.2.